The Kier molecular flexibility index (Phi) is 6.55. The molecule has 2 heterocycles. The summed E-state index contributed by atoms with van der Waals surface area (Å²) in [5, 5.41) is 9.66. The minimum Gasteiger partial charge on any atom is -0.392 e. The zero-order valence-electron chi connectivity index (χ0n) is 13.3. The van der Waals surface area contributed by atoms with Gasteiger partial charge in [0, 0.05) is 7.11 Å². The number of nitrogens with zero attached hydrogens (tertiary/aromatic N) is 4. The van der Waals surface area contributed by atoms with Crippen molar-refractivity contribution in [2.24, 2.45) is 0 Å². The monoisotopic (exact) mass is 377 g/mol. The maximum absolute atomic E-state index is 11.7. The number of aliphatic hydroxyl groups is 1. The first kappa shape index (κ1) is 19.1. The van der Waals surface area contributed by atoms with Crippen LogP contribution in [0.5, 0.6) is 0 Å². The Labute approximate surface area is 144 Å². The van der Waals surface area contributed by atoms with Crippen LogP contribution < -0.4 is 5.73 Å². The van der Waals surface area contributed by atoms with Crippen molar-refractivity contribution in [2.45, 2.75) is 25.7 Å². The molecule has 0 spiro atoms. The number of imidazole rings is 1. The fourth-order valence-electron chi connectivity index (χ4n) is 1.98. The highest BCUT2D eigenvalue weighted by molar-refractivity contribution is 8.44. The van der Waals surface area contributed by atoms with E-state index in [1.807, 2.05) is 6.92 Å². The van der Waals surface area contributed by atoms with Gasteiger partial charge in [-0.3, -0.25) is 9.09 Å². The van der Waals surface area contributed by atoms with E-state index in [-0.39, 0.29) is 19.0 Å². The number of thiol groups is 1. The Morgan fingerprint density at radius 2 is 2.21 bits per heavy atom. The van der Waals surface area contributed by atoms with Gasteiger partial charge < -0.3 is 20.1 Å². The Balaban J connectivity index is 2.15. The van der Waals surface area contributed by atoms with Crippen LogP contribution in [0.15, 0.2) is 12.7 Å². The molecule has 24 heavy (non-hydrogen) atoms. The number of hydrogen-bond acceptors (Lipinski definition) is 9. The van der Waals surface area contributed by atoms with E-state index < -0.39 is 19.1 Å². The van der Waals surface area contributed by atoms with Gasteiger partial charge in [-0.1, -0.05) is 19.2 Å². The molecular formula is C12H20N5O5PS. The van der Waals surface area contributed by atoms with Gasteiger partial charge in [0.1, 0.15) is 11.8 Å². The summed E-state index contributed by atoms with van der Waals surface area (Å²) in [6.07, 6.45) is 2.11. The summed E-state index contributed by atoms with van der Waals surface area (Å²) < 4.78 is 28.8. The second-order valence-corrected chi connectivity index (χ2v) is 7.86. The lowest BCUT2D eigenvalue weighted by Gasteiger charge is -2.24. The van der Waals surface area contributed by atoms with Gasteiger partial charge in [0.15, 0.2) is 17.7 Å². The van der Waals surface area contributed by atoms with Gasteiger partial charge in [-0.25, -0.2) is 19.5 Å². The van der Waals surface area contributed by atoms with Crippen LogP contribution in [0.2, 0.25) is 0 Å². The van der Waals surface area contributed by atoms with E-state index >= 15 is 0 Å². The molecule has 134 valence electrons. The molecule has 0 radical (unpaired) electrons. The van der Waals surface area contributed by atoms with Crippen LogP contribution in [0.3, 0.4) is 0 Å². The predicted octanol–water partition coefficient (Wildman–Crippen LogP) is 1.40. The van der Waals surface area contributed by atoms with Gasteiger partial charge in [0.05, 0.1) is 25.6 Å². The standard InChI is InChI=1S/C12H20N5O5PS/c1-3-8(5-21-23(19,24)20-2)22-9(4-18)17-7-16-10-11(13)14-6-15-12(10)17/h6-9,18H,3-5H2,1-2H3,(H,19,24)(H2,13,14,15)/t8-,9-,23?/m1/s1. The zero-order chi connectivity index (χ0) is 17.7. The van der Waals surface area contributed by atoms with Crippen molar-refractivity contribution in [3.05, 3.63) is 12.7 Å². The Morgan fingerprint density at radius 1 is 1.46 bits per heavy atom. The molecule has 2 aromatic rings. The molecule has 0 saturated heterocycles. The average Bonchev–Trinajstić information content (AvgIpc) is 3.01. The molecule has 0 fully saturated rings. The molecule has 12 heteroatoms. The summed E-state index contributed by atoms with van der Waals surface area (Å²) in [4.78, 5) is 12.1. The minimum absolute atomic E-state index is 0.00856. The van der Waals surface area contributed by atoms with Crippen LogP contribution in [0, 0.1) is 0 Å². The molecule has 0 aliphatic heterocycles. The number of aromatic nitrogens is 4. The first-order valence-corrected chi connectivity index (χ1v) is 9.83. The van der Waals surface area contributed by atoms with E-state index in [0.29, 0.717) is 17.6 Å². The fraction of sp³-hybridized carbons (Fsp3) is 0.583. The normalized spacial score (nSPS) is 16.8. The number of rotatable bonds is 9. The first-order valence-electron chi connectivity index (χ1n) is 7.14. The second-order valence-electron chi connectivity index (χ2n) is 4.83. The molecular weight excluding hydrogens is 357 g/mol. The van der Waals surface area contributed by atoms with Crippen LogP contribution in [0.25, 0.3) is 11.2 Å². The highest BCUT2D eigenvalue weighted by Gasteiger charge is 2.23. The lowest BCUT2D eigenvalue weighted by Crippen LogP contribution is -2.26. The smallest absolute Gasteiger partial charge is 0.385 e. The van der Waals surface area contributed by atoms with Gasteiger partial charge in [-0.05, 0) is 6.42 Å². The number of fused-ring (bicyclic) bond motifs is 1. The van der Waals surface area contributed by atoms with E-state index in [1.165, 1.54) is 19.8 Å². The van der Waals surface area contributed by atoms with E-state index in [1.54, 1.807) is 4.57 Å². The summed E-state index contributed by atoms with van der Waals surface area (Å²) >= 11 is 3.79. The number of nitrogens with two attached hydrogens (primary N) is 1. The van der Waals surface area contributed by atoms with E-state index in [9.17, 15) is 9.67 Å². The Bertz CT molecular complexity index is 729. The zero-order valence-corrected chi connectivity index (χ0v) is 15.1. The molecule has 0 saturated carbocycles. The number of hydrogen-bond donors (Lipinski definition) is 3. The van der Waals surface area contributed by atoms with Crippen LogP contribution in [0.1, 0.15) is 19.6 Å². The van der Waals surface area contributed by atoms with Crippen molar-refractivity contribution in [2.75, 3.05) is 26.1 Å². The molecule has 2 aromatic heterocycles. The van der Waals surface area contributed by atoms with Crippen molar-refractivity contribution in [3.8, 4) is 0 Å². The topological polar surface area (TPSA) is 135 Å². The molecule has 0 aromatic carbocycles. The van der Waals surface area contributed by atoms with Gasteiger partial charge in [-0.2, -0.15) is 0 Å². The predicted molar refractivity (Wildman–Crippen MR) is 90.6 cm³/mol. The van der Waals surface area contributed by atoms with E-state index in [4.69, 9.17) is 15.0 Å². The molecule has 0 aliphatic carbocycles. The largest absolute Gasteiger partial charge is 0.392 e. The highest BCUT2D eigenvalue weighted by Crippen LogP contribution is 2.52. The van der Waals surface area contributed by atoms with Crippen molar-refractivity contribution >= 4 is 36.0 Å². The van der Waals surface area contributed by atoms with Crippen molar-refractivity contribution < 1.29 is 23.5 Å². The second kappa shape index (κ2) is 8.24. The summed E-state index contributed by atoms with van der Waals surface area (Å²) in [5.41, 5.74) is 6.60. The van der Waals surface area contributed by atoms with E-state index in [2.05, 4.69) is 31.7 Å². The molecule has 0 amide bonds. The number of anilines is 1. The van der Waals surface area contributed by atoms with Gasteiger partial charge in [-0.15, -0.1) is 0 Å². The number of nitrogen functional groups attached to an aromatic ring is 1. The molecule has 1 unspecified atom stereocenters. The third-order valence-electron chi connectivity index (χ3n) is 3.31. The van der Waals surface area contributed by atoms with Gasteiger partial charge in [0.25, 0.3) is 0 Å². The summed E-state index contributed by atoms with van der Waals surface area (Å²) in [6, 6.07) is 0. The molecule has 10 nitrogen and oxygen atoms in total. The van der Waals surface area contributed by atoms with Crippen molar-refractivity contribution in [1.82, 2.24) is 19.5 Å². The van der Waals surface area contributed by atoms with Gasteiger partial charge in [0.2, 0.25) is 0 Å². The average molecular weight is 377 g/mol. The quantitative estimate of drug-likeness (QED) is 0.438. The van der Waals surface area contributed by atoms with Crippen LogP contribution >= 0.6 is 19.0 Å². The molecule has 3 atom stereocenters. The van der Waals surface area contributed by atoms with Crippen molar-refractivity contribution in [3.63, 3.8) is 0 Å². The molecule has 0 bridgehead atoms. The Morgan fingerprint density at radius 3 is 2.83 bits per heavy atom. The van der Waals surface area contributed by atoms with Gasteiger partial charge >= 0.3 is 6.80 Å². The SMILES string of the molecule is CC[C@H](COP(=O)(S)OC)O[C@H](CO)n1cnc2c(N)ncnc21. The first-order chi connectivity index (χ1) is 11.4. The maximum Gasteiger partial charge on any atom is 0.385 e. The number of aliphatic hydroxyl groups excluding tert-OH is 1. The molecule has 0 aliphatic rings. The summed E-state index contributed by atoms with van der Waals surface area (Å²) in [7, 11) is 1.24. The molecule has 3 N–H and O–H groups in total. The fourth-order valence-corrected chi connectivity index (χ4v) is 2.64. The van der Waals surface area contributed by atoms with Crippen LogP contribution in [-0.4, -0.2) is 51.1 Å². The Hall–Kier alpha value is -1.23. The third kappa shape index (κ3) is 4.44. The van der Waals surface area contributed by atoms with Crippen LogP contribution in [0.4, 0.5) is 5.82 Å². The highest BCUT2D eigenvalue weighted by atomic mass is 32.7. The summed E-state index contributed by atoms with van der Waals surface area (Å²) in [5.74, 6) is 0.238. The lowest BCUT2D eigenvalue weighted by molar-refractivity contribution is -0.0927. The third-order valence-corrected chi connectivity index (χ3v) is 5.09. The lowest BCUT2D eigenvalue weighted by atomic mass is 10.3. The van der Waals surface area contributed by atoms with E-state index in [0.717, 1.165) is 0 Å². The van der Waals surface area contributed by atoms with Crippen LogP contribution in [-0.2, 0) is 18.3 Å². The summed E-state index contributed by atoms with van der Waals surface area (Å²) in [6.45, 7) is -1.87. The maximum atomic E-state index is 11.7. The minimum atomic E-state index is -3.40. The molecule has 2 rings (SSSR count). The number of ether oxygens (including phenoxy) is 1. The van der Waals surface area contributed by atoms with Crippen molar-refractivity contribution in [1.29, 1.82) is 0 Å².